The van der Waals surface area contributed by atoms with Crippen molar-refractivity contribution in [2.75, 3.05) is 18.1 Å². The molecule has 0 saturated carbocycles. The molecule has 3 nitrogen and oxygen atoms in total. The zero-order valence-corrected chi connectivity index (χ0v) is 10.3. The molecule has 0 amide bonds. The summed E-state index contributed by atoms with van der Waals surface area (Å²) in [7, 11) is -2.70. The number of piperidine rings is 1. The molecule has 0 aliphatic carbocycles. The third-order valence-corrected chi connectivity index (χ3v) is 5.61. The first-order chi connectivity index (χ1) is 6.99. The van der Waals surface area contributed by atoms with Gasteiger partial charge in [-0.2, -0.15) is 0 Å². The predicted octanol–water partition coefficient (Wildman–Crippen LogP) is 1.34. The predicted molar refractivity (Wildman–Crippen MR) is 61.6 cm³/mol. The SMILES string of the molecule is CC1(CC2CCS(=O)(=O)C2)CCCCN1. The average molecular weight is 231 g/mol. The van der Waals surface area contributed by atoms with Crippen LogP contribution in [0, 0.1) is 5.92 Å². The van der Waals surface area contributed by atoms with Crippen molar-refractivity contribution >= 4 is 9.84 Å². The van der Waals surface area contributed by atoms with Gasteiger partial charge in [-0.15, -0.1) is 0 Å². The quantitative estimate of drug-likeness (QED) is 0.780. The van der Waals surface area contributed by atoms with Gasteiger partial charge in [0.2, 0.25) is 0 Å². The van der Waals surface area contributed by atoms with Gasteiger partial charge in [-0.05, 0) is 45.1 Å². The third-order valence-electron chi connectivity index (χ3n) is 3.77. The van der Waals surface area contributed by atoms with Crippen LogP contribution in [-0.4, -0.2) is 32.0 Å². The molecule has 1 N–H and O–H groups in total. The van der Waals surface area contributed by atoms with Gasteiger partial charge in [-0.1, -0.05) is 6.42 Å². The minimum Gasteiger partial charge on any atom is -0.312 e. The molecule has 15 heavy (non-hydrogen) atoms. The summed E-state index contributed by atoms with van der Waals surface area (Å²) >= 11 is 0. The second kappa shape index (κ2) is 4.06. The Kier molecular flexibility index (Phi) is 3.08. The molecule has 2 heterocycles. The second-order valence-electron chi connectivity index (χ2n) is 5.42. The third kappa shape index (κ3) is 2.94. The maximum absolute atomic E-state index is 11.4. The van der Waals surface area contributed by atoms with Gasteiger partial charge in [0.25, 0.3) is 0 Å². The van der Waals surface area contributed by atoms with Gasteiger partial charge >= 0.3 is 0 Å². The summed E-state index contributed by atoms with van der Waals surface area (Å²) in [5.41, 5.74) is 0.197. The van der Waals surface area contributed by atoms with Gasteiger partial charge in [0.1, 0.15) is 0 Å². The van der Waals surface area contributed by atoms with Crippen LogP contribution in [0.25, 0.3) is 0 Å². The smallest absolute Gasteiger partial charge is 0.150 e. The van der Waals surface area contributed by atoms with Gasteiger partial charge in [0.15, 0.2) is 9.84 Å². The highest BCUT2D eigenvalue weighted by Crippen LogP contribution is 2.31. The van der Waals surface area contributed by atoms with Crippen LogP contribution in [0.4, 0.5) is 0 Å². The highest BCUT2D eigenvalue weighted by atomic mass is 32.2. The summed E-state index contributed by atoms with van der Waals surface area (Å²) < 4.78 is 22.7. The molecule has 2 atom stereocenters. The van der Waals surface area contributed by atoms with Crippen molar-refractivity contribution in [2.45, 2.75) is 44.6 Å². The number of rotatable bonds is 2. The molecule has 2 aliphatic heterocycles. The van der Waals surface area contributed by atoms with E-state index in [4.69, 9.17) is 0 Å². The van der Waals surface area contributed by atoms with E-state index in [9.17, 15) is 8.42 Å². The Balaban J connectivity index is 1.91. The Morgan fingerprint density at radius 3 is 2.73 bits per heavy atom. The van der Waals surface area contributed by atoms with Crippen LogP contribution >= 0.6 is 0 Å². The molecule has 0 bridgehead atoms. The van der Waals surface area contributed by atoms with Crippen molar-refractivity contribution in [1.82, 2.24) is 5.32 Å². The van der Waals surface area contributed by atoms with E-state index in [1.807, 2.05) is 0 Å². The minimum absolute atomic E-state index is 0.197. The van der Waals surface area contributed by atoms with Crippen molar-refractivity contribution in [3.63, 3.8) is 0 Å². The minimum atomic E-state index is -2.70. The zero-order chi connectivity index (χ0) is 10.9. The van der Waals surface area contributed by atoms with Crippen molar-refractivity contribution < 1.29 is 8.42 Å². The Morgan fingerprint density at radius 1 is 1.40 bits per heavy atom. The largest absolute Gasteiger partial charge is 0.312 e. The van der Waals surface area contributed by atoms with Gasteiger partial charge in [-0.25, -0.2) is 8.42 Å². The van der Waals surface area contributed by atoms with E-state index >= 15 is 0 Å². The summed E-state index contributed by atoms with van der Waals surface area (Å²) in [6.07, 6.45) is 5.65. The number of nitrogens with one attached hydrogen (secondary N) is 1. The van der Waals surface area contributed by atoms with Gasteiger partial charge < -0.3 is 5.32 Å². The van der Waals surface area contributed by atoms with Crippen LogP contribution in [0.15, 0.2) is 0 Å². The number of hydrogen-bond donors (Lipinski definition) is 1. The van der Waals surface area contributed by atoms with E-state index in [0.717, 1.165) is 19.4 Å². The Morgan fingerprint density at radius 2 is 2.20 bits per heavy atom. The Hall–Kier alpha value is -0.0900. The van der Waals surface area contributed by atoms with E-state index in [-0.39, 0.29) is 5.54 Å². The molecule has 88 valence electrons. The summed E-state index contributed by atoms with van der Waals surface area (Å²) in [5, 5.41) is 3.55. The second-order valence-corrected chi connectivity index (χ2v) is 7.65. The molecular formula is C11H21NO2S. The Bertz CT molecular complexity index is 317. The number of hydrogen-bond acceptors (Lipinski definition) is 3. The molecule has 2 aliphatic rings. The lowest BCUT2D eigenvalue weighted by atomic mass is 9.82. The van der Waals surface area contributed by atoms with E-state index in [1.54, 1.807) is 0 Å². The molecule has 0 aromatic heterocycles. The first kappa shape index (κ1) is 11.4. The van der Waals surface area contributed by atoms with Crippen molar-refractivity contribution in [2.24, 2.45) is 5.92 Å². The molecule has 0 spiro atoms. The summed E-state index contributed by atoms with van der Waals surface area (Å²) in [5.74, 6) is 1.23. The maximum atomic E-state index is 11.4. The molecule has 2 rings (SSSR count). The van der Waals surface area contributed by atoms with Crippen LogP contribution in [0.1, 0.15) is 39.0 Å². The fraction of sp³-hybridized carbons (Fsp3) is 1.00. The van der Waals surface area contributed by atoms with Crippen LogP contribution in [0.2, 0.25) is 0 Å². The lowest BCUT2D eigenvalue weighted by Gasteiger charge is -2.36. The standard InChI is InChI=1S/C11H21NO2S/c1-11(5-2-3-6-12-11)8-10-4-7-15(13,14)9-10/h10,12H,2-9H2,1H3. The van der Waals surface area contributed by atoms with Gasteiger partial charge in [0.05, 0.1) is 11.5 Å². The molecule has 0 aromatic carbocycles. The fourth-order valence-electron chi connectivity index (χ4n) is 2.96. The van der Waals surface area contributed by atoms with Crippen LogP contribution < -0.4 is 5.32 Å². The molecule has 0 radical (unpaired) electrons. The van der Waals surface area contributed by atoms with Crippen molar-refractivity contribution in [1.29, 1.82) is 0 Å². The lowest BCUT2D eigenvalue weighted by Crippen LogP contribution is -2.47. The molecule has 4 heteroatoms. The molecule has 2 saturated heterocycles. The topological polar surface area (TPSA) is 46.2 Å². The first-order valence-electron chi connectivity index (χ1n) is 5.95. The summed E-state index contributed by atoms with van der Waals surface area (Å²) in [6, 6.07) is 0. The van der Waals surface area contributed by atoms with E-state index < -0.39 is 9.84 Å². The summed E-state index contributed by atoms with van der Waals surface area (Å²) in [6.45, 7) is 3.34. The normalized spacial score (nSPS) is 40.5. The van der Waals surface area contributed by atoms with Crippen LogP contribution in [0.5, 0.6) is 0 Å². The van der Waals surface area contributed by atoms with Crippen molar-refractivity contribution in [3.8, 4) is 0 Å². The van der Waals surface area contributed by atoms with E-state index in [0.29, 0.717) is 17.4 Å². The number of sulfone groups is 1. The maximum Gasteiger partial charge on any atom is 0.150 e. The highest BCUT2D eigenvalue weighted by Gasteiger charge is 2.35. The average Bonchev–Trinajstić information content (AvgIpc) is 2.45. The zero-order valence-electron chi connectivity index (χ0n) is 9.46. The van der Waals surface area contributed by atoms with E-state index in [1.165, 1.54) is 19.3 Å². The highest BCUT2D eigenvalue weighted by molar-refractivity contribution is 7.91. The van der Waals surface area contributed by atoms with E-state index in [2.05, 4.69) is 12.2 Å². The van der Waals surface area contributed by atoms with Crippen molar-refractivity contribution in [3.05, 3.63) is 0 Å². The monoisotopic (exact) mass is 231 g/mol. The first-order valence-corrected chi connectivity index (χ1v) is 7.77. The molecular weight excluding hydrogens is 210 g/mol. The van der Waals surface area contributed by atoms with Gasteiger partial charge in [0, 0.05) is 5.54 Å². The molecule has 2 fully saturated rings. The molecule has 0 aromatic rings. The fourth-order valence-corrected chi connectivity index (χ4v) is 4.82. The van der Waals surface area contributed by atoms with Crippen LogP contribution in [-0.2, 0) is 9.84 Å². The van der Waals surface area contributed by atoms with Crippen LogP contribution in [0.3, 0.4) is 0 Å². The lowest BCUT2D eigenvalue weighted by molar-refractivity contribution is 0.230. The van der Waals surface area contributed by atoms with Gasteiger partial charge in [-0.3, -0.25) is 0 Å². The summed E-state index contributed by atoms with van der Waals surface area (Å²) in [4.78, 5) is 0. The Labute approximate surface area is 92.6 Å². The molecule has 2 unspecified atom stereocenters.